The Morgan fingerprint density at radius 3 is 2.68 bits per heavy atom. The van der Waals surface area contributed by atoms with Crippen LogP contribution in [-0.2, 0) is 4.79 Å². The highest BCUT2D eigenvalue weighted by molar-refractivity contribution is 7.22. The first-order valence-electron chi connectivity index (χ1n) is 7.19. The number of rotatable bonds is 2. The topological polar surface area (TPSA) is 36.4 Å². The van der Waals surface area contributed by atoms with Crippen LogP contribution >= 0.6 is 11.3 Å². The number of thiazole rings is 1. The number of fused-ring (bicyclic) bond motifs is 1. The molecule has 3 rings (SSSR count). The van der Waals surface area contributed by atoms with Crippen LogP contribution in [0.2, 0.25) is 0 Å². The first-order chi connectivity index (χ1) is 10.5. The van der Waals surface area contributed by atoms with E-state index in [0.717, 1.165) is 32.0 Å². The third-order valence-corrected chi connectivity index (χ3v) is 5.24. The van der Waals surface area contributed by atoms with Gasteiger partial charge in [-0.25, -0.2) is 13.8 Å². The monoisotopic (exact) mass is 325 g/mol. The van der Waals surface area contributed by atoms with E-state index < -0.39 is 11.6 Å². The smallest absolute Gasteiger partial charge is 0.219 e. The van der Waals surface area contributed by atoms with Crippen LogP contribution in [0.4, 0.5) is 13.9 Å². The molecule has 1 aliphatic rings. The van der Waals surface area contributed by atoms with Gasteiger partial charge in [0.05, 0.1) is 4.70 Å². The average molecular weight is 325 g/mol. The Morgan fingerprint density at radius 2 is 2.05 bits per heavy atom. The van der Waals surface area contributed by atoms with Gasteiger partial charge in [0, 0.05) is 39.2 Å². The van der Waals surface area contributed by atoms with Gasteiger partial charge in [0.25, 0.3) is 0 Å². The van der Waals surface area contributed by atoms with Crippen molar-refractivity contribution in [3.63, 3.8) is 0 Å². The van der Waals surface area contributed by atoms with Crippen LogP contribution in [0.1, 0.15) is 19.8 Å². The zero-order chi connectivity index (χ0) is 15.9. The molecule has 1 aliphatic heterocycles. The minimum absolute atomic E-state index is 0.0657. The molecule has 2 aromatic rings. The second-order valence-electron chi connectivity index (χ2n) is 5.58. The number of halogens is 2. The fraction of sp³-hybridized carbons (Fsp3) is 0.467. The van der Waals surface area contributed by atoms with Crippen LogP contribution in [0.5, 0.6) is 0 Å². The van der Waals surface area contributed by atoms with E-state index in [2.05, 4.69) is 9.88 Å². The van der Waals surface area contributed by atoms with E-state index in [1.807, 2.05) is 7.05 Å². The first-order valence-corrected chi connectivity index (χ1v) is 8.01. The minimum atomic E-state index is -0.622. The second-order valence-corrected chi connectivity index (χ2v) is 6.59. The molecule has 0 saturated carbocycles. The number of benzene rings is 1. The lowest BCUT2D eigenvalue weighted by atomic mass is 10.0. The van der Waals surface area contributed by atoms with Crippen molar-refractivity contribution in [1.82, 2.24) is 9.88 Å². The summed E-state index contributed by atoms with van der Waals surface area (Å²) < 4.78 is 27.5. The van der Waals surface area contributed by atoms with Gasteiger partial charge in [0.1, 0.15) is 11.3 Å². The number of hydrogen-bond acceptors (Lipinski definition) is 4. The summed E-state index contributed by atoms with van der Waals surface area (Å²) in [4.78, 5) is 19.6. The molecule has 0 aliphatic carbocycles. The quantitative estimate of drug-likeness (QED) is 0.851. The standard InChI is InChI=1S/C15H17F2N3OS/c1-9(21)19(2)11-3-5-20(6-4-11)15-18-14-12(17)7-10(16)8-13(14)22-15/h7-8,11H,3-6H2,1-2H3. The normalized spacial score (nSPS) is 16.3. The third-order valence-electron chi connectivity index (χ3n) is 4.18. The molecule has 4 nitrogen and oxygen atoms in total. The SMILES string of the molecule is CC(=O)N(C)C1CCN(c2nc3c(F)cc(F)cc3s2)CC1. The van der Waals surface area contributed by atoms with Crippen molar-refractivity contribution < 1.29 is 13.6 Å². The summed E-state index contributed by atoms with van der Waals surface area (Å²) >= 11 is 1.30. The zero-order valence-corrected chi connectivity index (χ0v) is 13.3. The van der Waals surface area contributed by atoms with Gasteiger partial charge in [-0.1, -0.05) is 11.3 Å². The van der Waals surface area contributed by atoms with Crippen LogP contribution in [0.25, 0.3) is 10.2 Å². The average Bonchev–Trinajstić information content (AvgIpc) is 2.90. The lowest BCUT2D eigenvalue weighted by Crippen LogP contribution is -2.45. The van der Waals surface area contributed by atoms with Crippen molar-refractivity contribution in [3.05, 3.63) is 23.8 Å². The van der Waals surface area contributed by atoms with Crippen LogP contribution < -0.4 is 4.90 Å². The van der Waals surface area contributed by atoms with E-state index in [1.165, 1.54) is 17.4 Å². The van der Waals surface area contributed by atoms with E-state index in [4.69, 9.17) is 0 Å². The minimum Gasteiger partial charge on any atom is -0.348 e. The molecule has 0 spiro atoms. The van der Waals surface area contributed by atoms with E-state index in [-0.39, 0.29) is 17.5 Å². The van der Waals surface area contributed by atoms with Crippen LogP contribution in [0.3, 0.4) is 0 Å². The highest BCUT2D eigenvalue weighted by atomic mass is 32.1. The maximum Gasteiger partial charge on any atom is 0.219 e. The van der Waals surface area contributed by atoms with Gasteiger partial charge in [-0.15, -0.1) is 0 Å². The number of carbonyl (C=O) groups excluding carboxylic acids is 1. The molecule has 1 aromatic heterocycles. The summed E-state index contributed by atoms with van der Waals surface area (Å²) in [7, 11) is 1.82. The van der Waals surface area contributed by atoms with Gasteiger partial charge >= 0.3 is 0 Å². The maximum absolute atomic E-state index is 13.7. The van der Waals surface area contributed by atoms with E-state index in [0.29, 0.717) is 9.83 Å². The number of aromatic nitrogens is 1. The van der Waals surface area contributed by atoms with Gasteiger partial charge in [-0.05, 0) is 18.9 Å². The number of amides is 1. The molecular weight excluding hydrogens is 308 g/mol. The van der Waals surface area contributed by atoms with E-state index in [9.17, 15) is 13.6 Å². The van der Waals surface area contributed by atoms with Crippen LogP contribution in [0.15, 0.2) is 12.1 Å². The molecule has 118 valence electrons. The number of anilines is 1. The predicted octanol–water partition coefficient (Wildman–Crippen LogP) is 3.02. The summed E-state index contributed by atoms with van der Waals surface area (Å²) in [5.74, 6) is -1.14. The highest BCUT2D eigenvalue weighted by Crippen LogP contribution is 2.32. The largest absolute Gasteiger partial charge is 0.348 e. The van der Waals surface area contributed by atoms with Crippen molar-refractivity contribution >= 4 is 32.6 Å². The lowest BCUT2D eigenvalue weighted by Gasteiger charge is -2.36. The fourth-order valence-electron chi connectivity index (χ4n) is 2.78. The van der Waals surface area contributed by atoms with Crippen molar-refractivity contribution in [2.45, 2.75) is 25.8 Å². The van der Waals surface area contributed by atoms with Crippen molar-refractivity contribution in [3.8, 4) is 0 Å². The Kier molecular flexibility index (Phi) is 3.99. The predicted molar refractivity (Wildman–Crippen MR) is 83.2 cm³/mol. The van der Waals surface area contributed by atoms with Crippen molar-refractivity contribution in [2.24, 2.45) is 0 Å². The van der Waals surface area contributed by atoms with Gasteiger partial charge < -0.3 is 9.80 Å². The summed E-state index contributed by atoms with van der Waals surface area (Å²) in [5.41, 5.74) is 0.226. The molecule has 1 amide bonds. The first kappa shape index (κ1) is 15.1. The van der Waals surface area contributed by atoms with Gasteiger partial charge in [0.2, 0.25) is 5.91 Å². The number of nitrogens with zero attached hydrogens (tertiary/aromatic N) is 3. The molecule has 0 atom stereocenters. The third kappa shape index (κ3) is 2.77. The summed E-state index contributed by atoms with van der Waals surface area (Å²) in [5, 5.41) is 0.712. The van der Waals surface area contributed by atoms with Crippen LogP contribution in [0, 0.1) is 11.6 Å². The number of carbonyl (C=O) groups is 1. The Bertz CT molecular complexity index is 710. The molecule has 0 radical (unpaired) electrons. The van der Waals surface area contributed by atoms with E-state index in [1.54, 1.807) is 11.8 Å². The molecule has 1 fully saturated rings. The molecule has 2 heterocycles. The summed E-state index contributed by atoms with van der Waals surface area (Å²) in [6, 6.07) is 2.41. The van der Waals surface area contributed by atoms with Gasteiger partial charge in [0.15, 0.2) is 10.9 Å². The summed E-state index contributed by atoms with van der Waals surface area (Å²) in [6.07, 6.45) is 1.70. The zero-order valence-electron chi connectivity index (χ0n) is 12.5. The Balaban J connectivity index is 1.76. The summed E-state index contributed by atoms with van der Waals surface area (Å²) in [6.45, 7) is 3.08. The van der Waals surface area contributed by atoms with Crippen molar-refractivity contribution in [2.75, 3.05) is 25.0 Å². The van der Waals surface area contributed by atoms with Crippen molar-refractivity contribution in [1.29, 1.82) is 0 Å². The highest BCUT2D eigenvalue weighted by Gasteiger charge is 2.25. The second kappa shape index (κ2) is 5.79. The molecule has 1 saturated heterocycles. The Hall–Kier alpha value is -1.76. The van der Waals surface area contributed by atoms with E-state index >= 15 is 0 Å². The number of piperidine rings is 1. The lowest BCUT2D eigenvalue weighted by molar-refractivity contribution is -0.129. The maximum atomic E-state index is 13.7. The Labute approximate surface area is 131 Å². The Morgan fingerprint density at radius 1 is 1.36 bits per heavy atom. The van der Waals surface area contributed by atoms with Gasteiger partial charge in [-0.3, -0.25) is 4.79 Å². The van der Waals surface area contributed by atoms with Gasteiger partial charge in [-0.2, -0.15) is 0 Å². The fourth-order valence-corrected chi connectivity index (χ4v) is 3.84. The molecule has 0 N–H and O–H groups in total. The molecule has 0 unspecified atom stereocenters. The molecule has 7 heteroatoms. The van der Waals surface area contributed by atoms with Crippen LogP contribution in [-0.4, -0.2) is 42.0 Å². The number of hydrogen-bond donors (Lipinski definition) is 0. The molecule has 0 bridgehead atoms. The molecule has 1 aromatic carbocycles. The molecular formula is C15H17F2N3OS. The molecule has 22 heavy (non-hydrogen) atoms.